The first-order chi connectivity index (χ1) is 13.9. The van der Waals surface area contributed by atoms with E-state index in [0.29, 0.717) is 29.5 Å². The number of carbonyl (C=O) groups is 2. The molecule has 0 saturated carbocycles. The van der Waals surface area contributed by atoms with Crippen molar-refractivity contribution in [3.8, 4) is 0 Å². The largest absolute Gasteiger partial charge is 0.352 e. The third-order valence-corrected chi connectivity index (χ3v) is 5.79. The molecular weight excluding hydrogens is 404 g/mol. The summed E-state index contributed by atoms with van der Waals surface area (Å²) in [5.74, 6) is 0.794. The van der Waals surface area contributed by atoms with Crippen molar-refractivity contribution in [3.63, 3.8) is 0 Å². The summed E-state index contributed by atoms with van der Waals surface area (Å²) in [4.78, 5) is 27.5. The van der Waals surface area contributed by atoms with Gasteiger partial charge in [0.15, 0.2) is 0 Å². The van der Waals surface area contributed by atoms with Gasteiger partial charge in [-0.1, -0.05) is 67.1 Å². The van der Waals surface area contributed by atoms with Gasteiger partial charge >= 0.3 is 0 Å². The maximum atomic E-state index is 13.1. The van der Waals surface area contributed by atoms with Crippen LogP contribution in [0.3, 0.4) is 0 Å². The highest BCUT2D eigenvalue weighted by Crippen LogP contribution is 2.22. The van der Waals surface area contributed by atoms with E-state index >= 15 is 0 Å². The first-order valence-electron chi connectivity index (χ1n) is 9.87. The number of carbonyl (C=O) groups excluding carboxylic acids is 2. The monoisotopic (exact) mass is 432 g/mol. The highest BCUT2D eigenvalue weighted by Gasteiger charge is 2.28. The molecule has 0 unspecified atom stereocenters. The molecule has 6 heteroatoms. The Labute approximate surface area is 183 Å². The van der Waals surface area contributed by atoms with Gasteiger partial charge in [0.2, 0.25) is 11.8 Å². The molecule has 0 spiro atoms. The maximum absolute atomic E-state index is 13.1. The minimum atomic E-state index is -0.494. The first kappa shape index (κ1) is 23.3. The van der Waals surface area contributed by atoms with Gasteiger partial charge in [0, 0.05) is 23.4 Å². The van der Waals surface area contributed by atoms with Gasteiger partial charge in [0.05, 0.1) is 5.75 Å². The van der Waals surface area contributed by atoms with Gasteiger partial charge in [-0.05, 0) is 37.5 Å². The van der Waals surface area contributed by atoms with Crippen LogP contribution in [0.5, 0.6) is 0 Å². The third kappa shape index (κ3) is 7.41. The van der Waals surface area contributed by atoms with Crippen molar-refractivity contribution in [2.24, 2.45) is 0 Å². The first-order valence-corrected chi connectivity index (χ1v) is 11.4. The highest BCUT2D eigenvalue weighted by molar-refractivity contribution is 7.99. The molecule has 156 valence electrons. The molecule has 0 bridgehead atoms. The second-order valence-electron chi connectivity index (χ2n) is 7.18. The van der Waals surface area contributed by atoms with E-state index in [2.05, 4.69) is 5.32 Å². The number of hydrogen-bond donors (Lipinski definition) is 1. The molecule has 0 aliphatic carbocycles. The number of thioether (sulfide) groups is 1. The number of nitrogens with zero attached hydrogens (tertiary/aromatic N) is 1. The van der Waals surface area contributed by atoms with Crippen LogP contribution in [0.2, 0.25) is 5.02 Å². The second kappa shape index (κ2) is 11.9. The molecule has 0 radical (unpaired) electrons. The lowest BCUT2D eigenvalue weighted by Gasteiger charge is -2.31. The van der Waals surface area contributed by atoms with Crippen molar-refractivity contribution < 1.29 is 9.59 Å². The van der Waals surface area contributed by atoms with Crippen LogP contribution >= 0.6 is 23.4 Å². The smallest absolute Gasteiger partial charge is 0.243 e. The number of rotatable bonds is 10. The Hall–Kier alpha value is -1.98. The highest BCUT2D eigenvalue weighted by atomic mass is 35.5. The van der Waals surface area contributed by atoms with E-state index in [1.165, 1.54) is 11.8 Å². The quantitative estimate of drug-likeness (QED) is 0.580. The molecule has 2 rings (SSSR count). The molecule has 0 heterocycles. The van der Waals surface area contributed by atoms with Gasteiger partial charge < -0.3 is 10.2 Å². The van der Waals surface area contributed by atoms with Gasteiger partial charge in [-0.15, -0.1) is 11.8 Å². The predicted molar refractivity (Wildman–Crippen MR) is 122 cm³/mol. The molecule has 2 aromatic carbocycles. The van der Waals surface area contributed by atoms with Crippen LogP contribution in [0.1, 0.15) is 38.3 Å². The minimum Gasteiger partial charge on any atom is -0.352 e. The molecule has 0 aliphatic heterocycles. The van der Waals surface area contributed by atoms with E-state index in [4.69, 9.17) is 11.6 Å². The molecule has 0 aromatic heterocycles. The van der Waals surface area contributed by atoms with Crippen LogP contribution in [0.4, 0.5) is 0 Å². The standard InChI is InChI=1S/C23H29ClN2O2S/c1-4-21(23(28)25-17(2)3)26(14-18-10-6-5-7-11-18)22(27)16-29-15-19-12-8-9-13-20(19)24/h5-13,17,21H,4,14-16H2,1-3H3,(H,25,28)/t21-/m1/s1. The van der Waals surface area contributed by atoms with Crippen molar-refractivity contribution in [2.45, 2.75) is 51.6 Å². The molecule has 1 N–H and O–H groups in total. The lowest BCUT2D eigenvalue weighted by atomic mass is 10.1. The van der Waals surface area contributed by atoms with E-state index in [1.807, 2.05) is 75.4 Å². The van der Waals surface area contributed by atoms with E-state index < -0.39 is 6.04 Å². The number of nitrogens with one attached hydrogen (secondary N) is 1. The van der Waals surface area contributed by atoms with E-state index in [9.17, 15) is 9.59 Å². The van der Waals surface area contributed by atoms with Crippen LogP contribution in [0, 0.1) is 0 Å². The summed E-state index contributed by atoms with van der Waals surface area (Å²) in [5.41, 5.74) is 2.01. The Morgan fingerprint density at radius 3 is 2.34 bits per heavy atom. The zero-order chi connectivity index (χ0) is 21.2. The Morgan fingerprint density at radius 1 is 1.07 bits per heavy atom. The SMILES string of the molecule is CC[C@H](C(=O)NC(C)C)N(Cc1ccccc1)C(=O)CSCc1ccccc1Cl. The molecular formula is C23H29ClN2O2S. The molecule has 29 heavy (non-hydrogen) atoms. The number of amides is 2. The zero-order valence-electron chi connectivity index (χ0n) is 17.2. The van der Waals surface area contributed by atoms with Crippen LogP contribution in [-0.4, -0.2) is 34.6 Å². The Balaban J connectivity index is 2.11. The average Bonchev–Trinajstić information content (AvgIpc) is 2.69. The Kier molecular flexibility index (Phi) is 9.55. The summed E-state index contributed by atoms with van der Waals surface area (Å²) >= 11 is 7.72. The molecule has 2 aromatic rings. The fourth-order valence-electron chi connectivity index (χ4n) is 3.03. The molecule has 1 atom stereocenters. The predicted octanol–water partition coefficient (Wildman–Crippen LogP) is 4.91. The topological polar surface area (TPSA) is 49.4 Å². The fourth-order valence-corrected chi connectivity index (χ4v) is 4.22. The second-order valence-corrected chi connectivity index (χ2v) is 8.57. The summed E-state index contributed by atoms with van der Waals surface area (Å²) in [6.45, 7) is 6.20. The summed E-state index contributed by atoms with van der Waals surface area (Å²) < 4.78 is 0. The number of halogens is 1. The van der Waals surface area contributed by atoms with Gasteiger partial charge in [0.25, 0.3) is 0 Å². The summed E-state index contributed by atoms with van der Waals surface area (Å²) in [6.07, 6.45) is 0.562. The third-order valence-electron chi connectivity index (χ3n) is 4.45. The van der Waals surface area contributed by atoms with Gasteiger partial charge in [-0.25, -0.2) is 0 Å². The van der Waals surface area contributed by atoms with Crippen molar-refractivity contribution in [2.75, 3.05) is 5.75 Å². The molecule has 0 saturated heterocycles. The summed E-state index contributed by atoms with van der Waals surface area (Å²) in [5, 5.41) is 3.65. The van der Waals surface area contributed by atoms with Gasteiger partial charge in [0.1, 0.15) is 6.04 Å². The normalized spacial score (nSPS) is 11.9. The summed E-state index contributed by atoms with van der Waals surface area (Å²) in [7, 11) is 0. The number of benzene rings is 2. The van der Waals surface area contributed by atoms with Crippen LogP contribution in [0.25, 0.3) is 0 Å². The minimum absolute atomic E-state index is 0.0276. The van der Waals surface area contributed by atoms with Crippen LogP contribution in [0.15, 0.2) is 54.6 Å². The lowest BCUT2D eigenvalue weighted by Crippen LogP contribution is -2.50. The van der Waals surface area contributed by atoms with Crippen LogP contribution in [-0.2, 0) is 21.9 Å². The lowest BCUT2D eigenvalue weighted by molar-refractivity contribution is -0.139. The Morgan fingerprint density at radius 2 is 1.72 bits per heavy atom. The summed E-state index contributed by atoms with van der Waals surface area (Å²) in [6, 6.07) is 17.0. The van der Waals surface area contributed by atoms with Crippen molar-refractivity contribution in [3.05, 3.63) is 70.7 Å². The zero-order valence-corrected chi connectivity index (χ0v) is 18.8. The van der Waals surface area contributed by atoms with E-state index in [0.717, 1.165) is 11.1 Å². The van der Waals surface area contributed by atoms with Crippen molar-refractivity contribution in [1.29, 1.82) is 0 Å². The van der Waals surface area contributed by atoms with Gasteiger partial charge in [-0.2, -0.15) is 0 Å². The van der Waals surface area contributed by atoms with Gasteiger partial charge in [-0.3, -0.25) is 9.59 Å². The number of hydrogen-bond acceptors (Lipinski definition) is 3. The van der Waals surface area contributed by atoms with E-state index in [-0.39, 0.29) is 17.9 Å². The fraction of sp³-hybridized carbons (Fsp3) is 0.391. The molecule has 0 fully saturated rings. The average molecular weight is 433 g/mol. The van der Waals surface area contributed by atoms with E-state index in [1.54, 1.807) is 4.90 Å². The molecule has 2 amide bonds. The Bertz CT molecular complexity index is 798. The molecule has 0 aliphatic rings. The maximum Gasteiger partial charge on any atom is 0.243 e. The van der Waals surface area contributed by atoms with Crippen molar-refractivity contribution in [1.82, 2.24) is 10.2 Å². The van der Waals surface area contributed by atoms with Crippen molar-refractivity contribution >= 4 is 35.2 Å². The molecule has 4 nitrogen and oxygen atoms in total. The van der Waals surface area contributed by atoms with Crippen LogP contribution < -0.4 is 5.32 Å².